The molecule has 1 N–H and O–H groups in total. The Morgan fingerprint density at radius 2 is 1.82 bits per heavy atom. The largest absolute Gasteiger partial charge is 0.464 e. The van der Waals surface area contributed by atoms with Gasteiger partial charge in [0, 0.05) is 25.5 Å². The van der Waals surface area contributed by atoms with Crippen LogP contribution in [0.5, 0.6) is 0 Å². The van der Waals surface area contributed by atoms with E-state index in [0.717, 1.165) is 0 Å². The van der Waals surface area contributed by atoms with Gasteiger partial charge in [-0.25, -0.2) is 4.79 Å². The molecule has 0 atom stereocenters. The van der Waals surface area contributed by atoms with Gasteiger partial charge >= 0.3 is 5.97 Å². The van der Waals surface area contributed by atoms with Gasteiger partial charge in [0.15, 0.2) is 5.69 Å². The van der Waals surface area contributed by atoms with Crippen molar-refractivity contribution in [3.8, 4) is 0 Å². The highest BCUT2D eigenvalue weighted by Crippen LogP contribution is 2.17. The third kappa shape index (κ3) is 3.00. The molecule has 2 heterocycles. The smallest absolute Gasteiger partial charge is 0.360 e. The van der Waals surface area contributed by atoms with Gasteiger partial charge < -0.3 is 10.1 Å². The quantitative estimate of drug-likeness (QED) is 0.845. The number of ether oxygens (including phenoxy) is 1. The number of carbonyl (C=O) groups is 2. The summed E-state index contributed by atoms with van der Waals surface area (Å²) in [5.41, 5.74) is 1.49. The fourth-order valence-corrected chi connectivity index (χ4v) is 2.01. The lowest BCUT2D eigenvalue weighted by molar-refractivity contribution is 0.0594. The van der Waals surface area contributed by atoms with E-state index in [4.69, 9.17) is 0 Å². The maximum absolute atomic E-state index is 12.4. The summed E-state index contributed by atoms with van der Waals surface area (Å²) in [5.74, 6) is -0.929. The van der Waals surface area contributed by atoms with Crippen molar-refractivity contribution < 1.29 is 14.3 Å². The molecule has 0 radical (unpaired) electrons. The van der Waals surface area contributed by atoms with E-state index in [-0.39, 0.29) is 11.6 Å². The van der Waals surface area contributed by atoms with Crippen LogP contribution in [0, 0.1) is 6.92 Å². The zero-order chi connectivity index (χ0) is 16.3. The molecule has 0 saturated carbocycles. The number of amides is 1. The molecule has 0 spiro atoms. The normalized spacial score (nSPS) is 10.5. The molecule has 2 rings (SSSR count). The zero-order valence-electron chi connectivity index (χ0n) is 13.1. The van der Waals surface area contributed by atoms with E-state index in [9.17, 15) is 9.59 Å². The van der Waals surface area contributed by atoms with Gasteiger partial charge in [0.1, 0.15) is 0 Å². The van der Waals surface area contributed by atoms with Gasteiger partial charge in [0.05, 0.1) is 24.1 Å². The summed E-state index contributed by atoms with van der Waals surface area (Å²) in [4.78, 5) is 24.1. The van der Waals surface area contributed by atoms with Gasteiger partial charge in [-0.2, -0.15) is 10.2 Å². The Bertz CT molecular complexity index is 701. The summed E-state index contributed by atoms with van der Waals surface area (Å²) in [5, 5.41) is 11.0. The Hall–Kier alpha value is -2.64. The summed E-state index contributed by atoms with van der Waals surface area (Å²) >= 11 is 0. The molecule has 8 heteroatoms. The predicted molar refractivity (Wildman–Crippen MR) is 79.8 cm³/mol. The average molecular weight is 305 g/mol. The van der Waals surface area contributed by atoms with Crippen molar-refractivity contribution in [1.82, 2.24) is 19.6 Å². The summed E-state index contributed by atoms with van der Waals surface area (Å²) in [7, 11) is 1.27. The highest BCUT2D eigenvalue weighted by Gasteiger charge is 2.21. The monoisotopic (exact) mass is 305 g/mol. The molecule has 22 heavy (non-hydrogen) atoms. The van der Waals surface area contributed by atoms with Gasteiger partial charge in [-0.1, -0.05) is 0 Å². The van der Waals surface area contributed by atoms with Gasteiger partial charge in [0.25, 0.3) is 5.91 Å². The maximum atomic E-state index is 12.4. The highest BCUT2D eigenvalue weighted by molar-refractivity contribution is 6.07. The zero-order valence-corrected chi connectivity index (χ0v) is 13.1. The molecule has 1 amide bonds. The Kier molecular flexibility index (Phi) is 4.59. The van der Waals surface area contributed by atoms with Crippen LogP contribution >= 0.6 is 0 Å². The fourth-order valence-electron chi connectivity index (χ4n) is 2.01. The summed E-state index contributed by atoms with van der Waals surface area (Å²) in [6, 6.07) is 0. The molecule has 0 aliphatic heterocycles. The van der Waals surface area contributed by atoms with Crippen molar-refractivity contribution in [2.75, 3.05) is 12.4 Å². The standard InChI is InChI=1S/C14H19N5O3/c1-5-18-7-10(9(3)16-18)13(20)15-11-8-19(6-2)17-12(11)14(21)22-4/h7-8H,5-6H2,1-4H3,(H,15,20). The van der Waals surface area contributed by atoms with Gasteiger partial charge in [-0.3, -0.25) is 14.2 Å². The number of hydrogen-bond acceptors (Lipinski definition) is 5. The Morgan fingerprint density at radius 3 is 2.36 bits per heavy atom. The van der Waals surface area contributed by atoms with Gasteiger partial charge in [-0.15, -0.1) is 0 Å². The molecule has 0 aliphatic carbocycles. The van der Waals surface area contributed by atoms with Crippen LogP contribution in [-0.4, -0.2) is 38.5 Å². The van der Waals surface area contributed by atoms with Crippen molar-refractivity contribution >= 4 is 17.6 Å². The topological polar surface area (TPSA) is 91.0 Å². The van der Waals surface area contributed by atoms with E-state index < -0.39 is 5.97 Å². The van der Waals surface area contributed by atoms with Crippen LogP contribution in [0.1, 0.15) is 40.4 Å². The summed E-state index contributed by atoms with van der Waals surface area (Å²) in [6.07, 6.45) is 3.27. The molecule has 0 aromatic carbocycles. The number of nitrogens with one attached hydrogen (secondary N) is 1. The first kappa shape index (κ1) is 15.7. The SMILES string of the molecule is CCn1cc(C(=O)Nc2cn(CC)nc2C(=O)OC)c(C)n1. The van der Waals surface area contributed by atoms with Gasteiger partial charge in [-0.05, 0) is 20.8 Å². The van der Waals surface area contributed by atoms with Crippen molar-refractivity contribution in [3.05, 3.63) is 29.3 Å². The fraction of sp³-hybridized carbons (Fsp3) is 0.429. The Balaban J connectivity index is 2.29. The average Bonchev–Trinajstić information content (AvgIpc) is 3.09. The molecular weight excluding hydrogens is 286 g/mol. The van der Waals surface area contributed by atoms with E-state index >= 15 is 0 Å². The molecule has 0 unspecified atom stereocenters. The number of rotatable bonds is 5. The first-order chi connectivity index (χ1) is 10.5. The lowest BCUT2D eigenvalue weighted by Crippen LogP contribution is -2.15. The van der Waals surface area contributed by atoms with Crippen molar-refractivity contribution in [2.45, 2.75) is 33.9 Å². The molecule has 0 bridgehead atoms. The number of aromatic nitrogens is 4. The lowest BCUT2D eigenvalue weighted by Gasteiger charge is -2.03. The van der Waals surface area contributed by atoms with Crippen molar-refractivity contribution in [2.24, 2.45) is 0 Å². The minimum absolute atomic E-state index is 0.0817. The molecular formula is C14H19N5O3. The number of esters is 1. The number of anilines is 1. The second kappa shape index (κ2) is 6.42. The van der Waals surface area contributed by atoms with Crippen LogP contribution in [0.3, 0.4) is 0 Å². The molecule has 2 aromatic heterocycles. The van der Waals surface area contributed by atoms with E-state index in [1.54, 1.807) is 28.7 Å². The molecule has 0 fully saturated rings. The van der Waals surface area contributed by atoms with Crippen LogP contribution in [0.25, 0.3) is 0 Å². The Morgan fingerprint density at radius 1 is 1.18 bits per heavy atom. The number of methoxy groups -OCH3 is 1. The van der Waals surface area contributed by atoms with E-state index in [1.807, 2.05) is 13.8 Å². The number of nitrogens with zero attached hydrogens (tertiary/aromatic N) is 4. The second-order valence-electron chi connectivity index (χ2n) is 4.68. The first-order valence-electron chi connectivity index (χ1n) is 7.01. The molecule has 2 aromatic rings. The van der Waals surface area contributed by atoms with Crippen molar-refractivity contribution in [3.63, 3.8) is 0 Å². The lowest BCUT2D eigenvalue weighted by atomic mass is 10.2. The number of aryl methyl sites for hydroxylation is 3. The van der Waals surface area contributed by atoms with Crippen LogP contribution in [0.2, 0.25) is 0 Å². The predicted octanol–water partition coefficient (Wildman–Crippen LogP) is 1.47. The molecule has 8 nitrogen and oxygen atoms in total. The van der Waals surface area contributed by atoms with Crippen molar-refractivity contribution in [1.29, 1.82) is 0 Å². The van der Waals surface area contributed by atoms with E-state index in [0.29, 0.717) is 30.0 Å². The van der Waals surface area contributed by atoms with Gasteiger partial charge in [0.2, 0.25) is 0 Å². The second-order valence-corrected chi connectivity index (χ2v) is 4.68. The van der Waals surface area contributed by atoms with E-state index in [1.165, 1.54) is 7.11 Å². The van der Waals surface area contributed by atoms with Crippen LogP contribution in [0.15, 0.2) is 12.4 Å². The third-order valence-electron chi connectivity index (χ3n) is 3.23. The summed E-state index contributed by atoms with van der Waals surface area (Å²) < 4.78 is 7.93. The Labute approximate surface area is 128 Å². The number of hydrogen-bond donors (Lipinski definition) is 1. The van der Waals surface area contributed by atoms with Crippen LogP contribution < -0.4 is 5.32 Å². The van der Waals surface area contributed by atoms with Crippen LogP contribution in [0.4, 0.5) is 5.69 Å². The maximum Gasteiger partial charge on any atom is 0.360 e. The molecule has 118 valence electrons. The summed E-state index contributed by atoms with van der Waals surface area (Å²) in [6.45, 7) is 6.84. The minimum atomic E-state index is -0.594. The first-order valence-corrected chi connectivity index (χ1v) is 7.01. The molecule has 0 aliphatic rings. The van der Waals surface area contributed by atoms with E-state index in [2.05, 4.69) is 20.3 Å². The van der Waals surface area contributed by atoms with Crippen LogP contribution in [-0.2, 0) is 17.8 Å². The highest BCUT2D eigenvalue weighted by atomic mass is 16.5. The molecule has 0 saturated heterocycles. The third-order valence-corrected chi connectivity index (χ3v) is 3.23. The number of carbonyl (C=O) groups excluding carboxylic acids is 2. The minimum Gasteiger partial charge on any atom is -0.464 e.